The first kappa shape index (κ1) is 17.0. The van der Waals surface area contributed by atoms with Gasteiger partial charge in [-0.15, -0.1) is 0 Å². The van der Waals surface area contributed by atoms with E-state index in [1.165, 1.54) is 11.1 Å². The molecule has 1 N–H and O–H groups in total. The van der Waals surface area contributed by atoms with Gasteiger partial charge in [-0.25, -0.2) is 0 Å². The molecule has 3 rings (SSSR count). The summed E-state index contributed by atoms with van der Waals surface area (Å²) < 4.78 is 0. The zero-order valence-electron chi connectivity index (χ0n) is 14.9. The lowest BCUT2D eigenvalue weighted by atomic mass is 10.1. The van der Waals surface area contributed by atoms with E-state index in [1.807, 2.05) is 0 Å². The second-order valence-electron chi connectivity index (χ2n) is 7.39. The molecule has 0 radical (unpaired) electrons. The van der Waals surface area contributed by atoms with E-state index >= 15 is 0 Å². The van der Waals surface area contributed by atoms with Crippen molar-refractivity contribution in [3.05, 3.63) is 53.6 Å². The summed E-state index contributed by atoms with van der Waals surface area (Å²) in [4.78, 5) is 12.7. The van der Waals surface area contributed by atoms with Crippen LogP contribution in [-0.4, -0.2) is 5.91 Å². The molecule has 1 aromatic rings. The number of allylic oxidation sites excluding steroid dienone is 4. The van der Waals surface area contributed by atoms with Gasteiger partial charge in [-0.05, 0) is 87.5 Å². The molecule has 0 heterocycles. The largest absolute Gasteiger partial charge is 0.326 e. The van der Waals surface area contributed by atoms with E-state index in [0.29, 0.717) is 11.8 Å². The summed E-state index contributed by atoms with van der Waals surface area (Å²) in [6.45, 7) is 4.15. The maximum absolute atomic E-state index is 12.7. The fraction of sp³-hybridized carbons (Fsp3) is 0.500. The Balaban J connectivity index is 1.64. The molecule has 2 aliphatic rings. The average molecular weight is 323 g/mol. The van der Waals surface area contributed by atoms with Crippen LogP contribution in [0.25, 0.3) is 0 Å². The van der Waals surface area contributed by atoms with Gasteiger partial charge in [0.05, 0.1) is 0 Å². The predicted molar refractivity (Wildman–Crippen MR) is 101 cm³/mol. The number of nitrogens with one attached hydrogen (secondary N) is 1. The Morgan fingerprint density at radius 1 is 0.833 bits per heavy atom. The van der Waals surface area contributed by atoms with Crippen LogP contribution in [0.2, 0.25) is 0 Å². The molecule has 24 heavy (non-hydrogen) atoms. The Bertz CT molecular complexity index is 599. The zero-order valence-corrected chi connectivity index (χ0v) is 14.9. The summed E-state index contributed by atoms with van der Waals surface area (Å²) in [7, 11) is 0. The number of carbonyl (C=O) groups is 1. The lowest BCUT2D eigenvalue weighted by Crippen LogP contribution is -2.16. The molecule has 1 saturated carbocycles. The third-order valence-electron chi connectivity index (χ3n) is 5.29. The Labute approximate surface area is 146 Å². The lowest BCUT2D eigenvalue weighted by Gasteiger charge is -2.07. The van der Waals surface area contributed by atoms with Gasteiger partial charge in [0.2, 0.25) is 5.91 Å². The molecule has 0 aliphatic heterocycles. The van der Waals surface area contributed by atoms with E-state index in [9.17, 15) is 4.79 Å². The van der Waals surface area contributed by atoms with Crippen LogP contribution in [0.3, 0.4) is 0 Å². The summed E-state index contributed by atoms with van der Waals surface area (Å²) in [5.74, 6) is 1.55. The second kappa shape index (κ2) is 7.83. The molecule has 2 nitrogen and oxygen atoms in total. The van der Waals surface area contributed by atoms with Gasteiger partial charge in [0.1, 0.15) is 0 Å². The highest BCUT2D eigenvalue weighted by atomic mass is 16.2. The number of hydrogen-bond donors (Lipinski definition) is 1. The first-order chi connectivity index (χ1) is 11.6. The number of fused-ring (bicyclic) bond motifs is 1. The predicted octanol–water partition coefficient (Wildman–Crippen LogP) is 5.57. The van der Waals surface area contributed by atoms with Crippen molar-refractivity contribution in [1.82, 2.24) is 0 Å². The molecule has 1 unspecified atom stereocenters. The summed E-state index contributed by atoms with van der Waals surface area (Å²) in [6.07, 6.45) is 16.0. The van der Waals surface area contributed by atoms with Crippen LogP contribution >= 0.6 is 0 Å². The molecule has 1 fully saturated rings. The zero-order chi connectivity index (χ0) is 16.9. The van der Waals surface area contributed by atoms with E-state index in [1.54, 1.807) is 0 Å². The fourth-order valence-corrected chi connectivity index (χ4v) is 4.13. The third kappa shape index (κ3) is 4.37. The number of benzene rings is 1. The number of amides is 1. The average Bonchev–Trinajstić information content (AvgIpc) is 3.18. The van der Waals surface area contributed by atoms with Gasteiger partial charge >= 0.3 is 0 Å². The number of rotatable bonds is 2. The van der Waals surface area contributed by atoms with Gasteiger partial charge in [-0.1, -0.05) is 30.4 Å². The van der Waals surface area contributed by atoms with Crippen LogP contribution in [-0.2, 0) is 4.79 Å². The quantitative estimate of drug-likeness (QED) is 0.708. The van der Waals surface area contributed by atoms with Gasteiger partial charge in [0, 0.05) is 11.6 Å². The van der Waals surface area contributed by atoms with E-state index in [2.05, 4.69) is 61.7 Å². The van der Waals surface area contributed by atoms with Crippen molar-refractivity contribution >= 4 is 11.6 Å². The van der Waals surface area contributed by atoms with Gasteiger partial charge in [-0.2, -0.15) is 0 Å². The minimum atomic E-state index is 0.202. The summed E-state index contributed by atoms with van der Waals surface area (Å²) >= 11 is 0. The Kier molecular flexibility index (Phi) is 5.55. The van der Waals surface area contributed by atoms with Crippen LogP contribution in [0.5, 0.6) is 0 Å². The molecular weight excluding hydrogens is 294 g/mol. The van der Waals surface area contributed by atoms with Crippen molar-refractivity contribution in [1.29, 1.82) is 0 Å². The van der Waals surface area contributed by atoms with E-state index < -0.39 is 0 Å². The Morgan fingerprint density at radius 3 is 1.88 bits per heavy atom. The Morgan fingerprint density at radius 2 is 1.33 bits per heavy atom. The first-order valence-electron chi connectivity index (χ1n) is 9.34. The third-order valence-corrected chi connectivity index (χ3v) is 5.29. The maximum Gasteiger partial charge on any atom is 0.228 e. The summed E-state index contributed by atoms with van der Waals surface area (Å²) in [5, 5.41) is 3.16. The van der Waals surface area contributed by atoms with Crippen molar-refractivity contribution in [2.75, 3.05) is 5.32 Å². The van der Waals surface area contributed by atoms with Crippen molar-refractivity contribution < 1.29 is 4.79 Å². The van der Waals surface area contributed by atoms with E-state index in [4.69, 9.17) is 0 Å². The van der Waals surface area contributed by atoms with Crippen LogP contribution in [0.15, 0.2) is 42.5 Å². The lowest BCUT2D eigenvalue weighted by molar-refractivity contribution is -0.117. The minimum Gasteiger partial charge on any atom is -0.326 e. The number of anilines is 1. The summed E-state index contributed by atoms with van der Waals surface area (Å²) in [5.41, 5.74) is 3.34. The SMILES string of the molecule is Cc1cc(C)cc(NC(=O)C2[C@H]3CC/C=C/CC/C=C\CC[C@@H]23)c1. The molecule has 1 aromatic carbocycles. The van der Waals surface area contributed by atoms with Crippen molar-refractivity contribution in [3.63, 3.8) is 0 Å². The number of aryl methyl sites for hydroxylation is 2. The van der Waals surface area contributed by atoms with Gasteiger partial charge < -0.3 is 5.32 Å². The minimum absolute atomic E-state index is 0.202. The molecule has 2 heteroatoms. The highest BCUT2D eigenvalue weighted by Gasteiger charge is 2.52. The smallest absolute Gasteiger partial charge is 0.228 e. The number of hydrogen-bond acceptors (Lipinski definition) is 1. The molecule has 2 aliphatic carbocycles. The van der Waals surface area contributed by atoms with Gasteiger partial charge in [0.15, 0.2) is 0 Å². The molecular formula is C22H29NO. The molecule has 0 aromatic heterocycles. The normalized spacial score (nSPS) is 29.5. The van der Waals surface area contributed by atoms with Crippen LogP contribution in [0.1, 0.15) is 49.7 Å². The van der Waals surface area contributed by atoms with E-state index in [0.717, 1.165) is 44.2 Å². The summed E-state index contributed by atoms with van der Waals surface area (Å²) in [6, 6.07) is 6.26. The van der Waals surface area contributed by atoms with Gasteiger partial charge in [0.25, 0.3) is 0 Å². The first-order valence-corrected chi connectivity index (χ1v) is 9.34. The molecule has 0 bridgehead atoms. The molecule has 1 amide bonds. The highest BCUT2D eigenvalue weighted by molar-refractivity contribution is 5.95. The van der Waals surface area contributed by atoms with Crippen LogP contribution in [0, 0.1) is 31.6 Å². The van der Waals surface area contributed by atoms with Crippen molar-refractivity contribution in [2.45, 2.75) is 52.4 Å². The van der Waals surface area contributed by atoms with Crippen molar-refractivity contribution in [3.8, 4) is 0 Å². The molecule has 128 valence electrons. The Hall–Kier alpha value is -1.83. The number of carbonyl (C=O) groups excluding carboxylic acids is 1. The highest BCUT2D eigenvalue weighted by Crippen LogP contribution is 2.52. The second-order valence-corrected chi connectivity index (χ2v) is 7.39. The molecule has 3 atom stereocenters. The van der Waals surface area contributed by atoms with Crippen molar-refractivity contribution in [2.24, 2.45) is 17.8 Å². The topological polar surface area (TPSA) is 29.1 Å². The van der Waals surface area contributed by atoms with E-state index in [-0.39, 0.29) is 11.8 Å². The van der Waals surface area contributed by atoms with Gasteiger partial charge in [-0.3, -0.25) is 4.79 Å². The molecule has 0 spiro atoms. The fourth-order valence-electron chi connectivity index (χ4n) is 4.13. The van der Waals surface area contributed by atoms with Crippen LogP contribution < -0.4 is 5.32 Å². The monoisotopic (exact) mass is 323 g/mol. The standard InChI is InChI=1S/C22H29NO/c1-16-13-17(2)15-18(14-16)23-22(24)21-19-11-9-7-5-3-4-6-8-10-12-20(19)21/h5-8,13-15,19-21H,3-4,9-12H2,1-2H3,(H,23,24)/b7-5-,8-6+/t19-,20+,21?/m1/s1. The van der Waals surface area contributed by atoms with Crippen LogP contribution in [0.4, 0.5) is 5.69 Å². The maximum atomic E-state index is 12.7. The molecule has 0 saturated heterocycles.